The van der Waals surface area contributed by atoms with Gasteiger partial charge in [0.2, 0.25) is 0 Å². The van der Waals surface area contributed by atoms with Crippen LogP contribution in [0.3, 0.4) is 0 Å². The van der Waals surface area contributed by atoms with Crippen molar-refractivity contribution in [3.05, 3.63) is 24.0 Å². The first-order chi connectivity index (χ1) is 9.80. The number of nitrogens with zero attached hydrogens (tertiary/aromatic N) is 1. The summed E-state index contributed by atoms with van der Waals surface area (Å²) < 4.78 is 12.1. The lowest BCUT2D eigenvalue weighted by atomic mass is 9.91. The molecule has 4 nitrogen and oxygen atoms in total. The number of hydrogen-bond donors (Lipinski definition) is 1. The van der Waals surface area contributed by atoms with Crippen molar-refractivity contribution in [2.45, 2.75) is 37.5 Å². The van der Waals surface area contributed by atoms with Gasteiger partial charge in [-0.25, -0.2) is 0 Å². The summed E-state index contributed by atoms with van der Waals surface area (Å²) in [6, 6.07) is 4.04. The Kier molecular flexibility index (Phi) is 4.48. The fourth-order valence-corrected chi connectivity index (χ4v) is 4.28. The Morgan fingerprint density at radius 3 is 3.20 bits per heavy atom. The topological polar surface area (TPSA) is 43.4 Å². The zero-order valence-electron chi connectivity index (χ0n) is 11.9. The highest BCUT2D eigenvalue weighted by Gasteiger charge is 2.41. The second-order valence-electron chi connectivity index (χ2n) is 5.58. The van der Waals surface area contributed by atoms with E-state index in [4.69, 9.17) is 9.47 Å². The van der Waals surface area contributed by atoms with Gasteiger partial charge < -0.3 is 14.8 Å². The summed E-state index contributed by atoms with van der Waals surface area (Å²) in [7, 11) is 1.92. The largest absolute Gasteiger partial charge is 0.489 e. The maximum Gasteiger partial charge on any atom is 0.138 e. The maximum absolute atomic E-state index is 6.10. The highest BCUT2D eigenvalue weighted by molar-refractivity contribution is 7.99. The third kappa shape index (κ3) is 3.27. The molecule has 1 aromatic rings. The van der Waals surface area contributed by atoms with Gasteiger partial charge in [-0.1, -0.05) is 0 Å². The first-order valence-corrected chi connectivity index (χ1v) is 8.43. The summed E-state index contributed by atoms with van der Waals surface area (Å²) in [5, 5.41) is 3.10. The average molecular weight is 294 g/mol. The number of hydrogen-bond acceptors (Lipinski definition) is 5. The second-order valence-corrected chi connectivity index (χ2v) is 6.69. The molecule has 0 bridgehead atoms. The minimum atomic E-state index is 0.0765. The predicted molar refractivity (Wildman–Crippen MR) is 81.3 cm³/mol. The van der Waals surface area contributed by atoms with Gasteiger partial charge in [0.15, 0.2) is 0 Å². The van der Waals surface area contributed by atoms with Crippen molar-refractivity contribution in [3.63, 3.8) is 0 Å². The standard InChI is InChI=1S/C15H22N2O2S/c1-16-9-12-2-3-14(10-17-12)19-13-4-6-18-15(8-13)5-7-20-11-15/h2-3,10,13,16H,4-9,11H2,1H3. The van der Waals surface area contributed by atoms with E-state index in [0.29, 0.717) is 0 Å². The summed E-state index contributed by atoms with van der Waals surface area (Å²) in [6.07, 6.45) is 5.25. The monoisotopic (exact) mass is 294 g/mol. The van der Waals surface area contributed by atoms with Crippen molar-refractivity contribution in [2.24, 2.45) is 0 Å². The van der Waals surface area contributed by atoms with Gasteiger partial charge in [0.25, 0.3) is 0 Å². The summed E-state index contributed by atoms with van der Waals surface area (Å²) in [5.74, 6) is 3.21. The SMILES string of the molecule is CNCc1ccc(OC2CCOC3(CCSC3)C2)cn1. The number of thioether (sulfide) groups is 1. The van der Waals surface area contributed by atoms with Gasteiger partial charge in [-0.05, 0) is 31.4 Å². The molecular weight excluding hydrogens is 272 g/mol. The zero-order chi connectivity index (χ0) is 13.8. The molecule has 3 heterocycles. The third-order valence-electron chi connectivity index (χ3n) is 3.97. The first-order valence-electron chi connectivity index (χ1n) is 7.28. The van der Waals surface area contributed by atoms with E-state index < -0.39 is 0 Å². The van der Waals surface area contributed by atoms with Crippen LogP contribution in [-0.2, 0) is 11.3 Å². The molecule has 5 heteroatoms. The van der Waals surface area contributed by atoms with Crippen LogP contribution in [0.2, 0.25) is 0 Å². The van der Waals surface area contributed by atoms with Gasteiger partial charge in [0, 0.05) is 25.1 Å². The fraction of sp³-hybridized carbons (Fsp3) is 0.667. The number of nitrogens with one attached hydrogen (secondary N) is 1. The van der Waals surface area contributed by atoms with E-state index in [1.165, 1.54) is 5.75 Å². The maximum atomic E-state index is 6.10. The molecule has 2 unspecified atom stereocenters. The molecular formula is C15H22N2O2S. The van der Waals surface area contributed by atoms with E-state index in [1.807, 2.05) is 37.1 Å². The van der Waals surface area contributed by atoms with Gasteiger partial charge >= 0.3 is 0 Å². The zero-order valence-corrected chi connectivity index (χ0v) is 12.7. The van der Waals surface area contributed by atoms with E-state index in [2.05, 4.69) is 10.3 Å². The molecule has 0 aromatic carbocycles. The van der Waals surface area contributed by atoms with Crippen molar-refractivity contribution in [3.8, 4) is 5.75 Å². The number of aromatic nitrogens is 1. The van der Waals surface area contributed by atoms with Gasteiger partial charge in [0.05, 0.1) is 24.1 Å². The van der Waals surface area contributed by atoms with E-state index >= 15 is 0 Å². The normalized spacial score (nSPS) is 29.8. The smallest absolute Gasteiger partial charge is 0.138 e. The Hall–Kier alpha value is -0.780. The number of ether oxygens (including phenoxy) is 2. The molecule has 0 amide bonds. The van der Waals surface area contributed by atoms with Gasteiger partial charge in [0.1, 0.15) is 11.9 Å². The lowest BCUT2D eigenvalue weighted by molar-refractivity contribution is -0.0959. The van der Waals surface area contributed by atoms with Crippen molar-refractivity contribution in [2.75, 3.05) is 25.2 Å². The van der Waals surface area contributed by atoms with Crippen LogP contribution in [0.25, 0.3) is 0 Å². The van der Waals surface area contributed by atoms with Crippen LogP contribution in [0, 0.1) is 0 Å². The molecule has 1 aromatic heterocycles. The first kappa shape index (κ1) is 14.2. The third-order valence-corrected chi connectivity index (χ3v) is 5.20. The Bertz CT molecular complexity index is 432. The molecule has 2 aliphatic rings. The molecule has 2 saturated heterocycles. The summed E-state index contributed by atoms with van der Waals surface area (Å²) in [4.78, 5) is 4.40. The molecule has 2 fully saturated rings. The molecule has 3 rings (SSSR count). The summed E-state index contributed by atoms with van der Waals surface area (Å²) >= 11 is 2.00. The Balaban J connectivity index is 1.59. The van der Waals surface area contributed by atoms with Crippen LogP contribution in [0.4, 0.5) is 0 Å². The van der Waals surface area contributed by atoms with Gasteiger partial charge in [-0.15, -0.1) is 0 Å². The van der Waals surface area contributed by atoms with Crippen molar-refractivity contribution < 1.29 is 9.47 Å². The van der Waals surface area contributed by atoms with Crippen molar-refractivity contribution >= 4 is 11.8 Å². The van der Waals surface area contributed by atoms with Crippen molar-refractivity contribution in [1.29, 1.82) is 0 Å². The van der Waals surface area contributed by atoms with E-state index in [0.717, 1.165) is 49.6 Å². The van der Waals surface area contributed by atoms with Crippen LogP contribution in [0.15, 0.2) is 18.3 Å². The fourth-order valence-electron chi connectivity index (χ4n) is 2.91. The minimum Gasteiger partial charge on any atom is -0.489 e. The van der Waals surface area contributed by atoms with Crippen LogP contribution in [-0.4, -0.2) is 41.8 Å². The lowest BCUT2D eigenvalue weighted by Gasteiger charge is -2.37. The Morgan fingerprint density at radius 2 is 2.50 bits per heavy atom. The molecule has 0 radical (unpaired) electrons. The average Bonchev–Trinajstić information content (AvgIpc) is 2.89. The van der Waals surface area contributed by atoms with Crippen LogP contribution < -0.4 is 10.1 Å². The van der Waals surface area contributed by atoms with Crippen LogP contribution in [0.1, 0.15) is 25.0 Å². The molecule has 110 valence electrons. The summed E-state index contributed by atoms with van der Waals surface area (Å²) in [5.41, 5.74) is 1.11. The number of rotatable bonds is 4. The van der Waals surface area contributed by atoms with Crippen molar-refractivity contribution in [1.82, 2.24) is 10.3 Å². The second kappa shape index (κ2) is 6.33. The molecule has 1 N–H and O–H groups in total. The van der Waals surface area contributed by atoms with Crippen LogP contribution in [0.5, 0.6) is 5.75 Å². The molecule has 2 aliphatic heterocycles. The highest BCUT2D eigenvalue weighted by Crippen LogP contribution is 2.39. The molecule has 2 atom stereocenters. The Morgan fingerprint density at radius 1 is 1.55 bits per heavy atom. The molecule has 0 saturated carbocycles. The quantitative estimate of drug-likeness (QED) is 0.922. The predicted octanol–water partition coefficient (Wildman–Crippen LogP) is 2.23. The van der Waals surface area contributed by atoms with Gasteiger partial charge in [-0.2, -0.15) is 11.8 Å². The van der Waals surface area contributed by atoms with E-state index in [-0.39, 0.29) is 11.7 Å². The molecule has 1 spiro atoms. The molecule has 0 aliphatic carbocycles. The van der Waals surface area contributed by atoms with Crippen LogP contribution >= 0.6 is 11.8 Å². The minimum absolute atomic E-state index is 0.0765. The van der Waals surface area contributed by atoms with E-state index in [1.54, 1.807) is 0 Å². The Labute approximate surface area is 124 Å². The van der Waals surface area contributed by atoms with E-state index in [9.17, 15) is 0 Å². The summed E-state index contributed by atoms with van der Waals surface area (Å²) in [6.45, 7) is 1.61. The lowest BCUT2D eigenvalue weighted by Crippen LogP contribution is -2.43. The highest BCUT2D eigenvalue weighted by atomic mass is 32.2. The van der Waals surface area contributed by atoms with Gasteiger partial charge in [-0.3, -0.25) is 4.98 Å². The molecule has 20 heavy (non-hydrogen) atoms. The number of pyridine rings is 1.